The summed E-state index contributed by atoms with van der Waals surface area (Å²) in [6.45, 7) is 2.67. The molecule has 0 radical (unpaired) electrons. The topological polar surface area (TPSA) is 92.4 Å². The number of halogens is 2. The van der Waals surface area contributed by atoms with Crippen molar-refractivity contribution in [2.75, 3.05) is 12.3 Å². The highest BCUT2D eigenvalue weighted by molar-refractivity contribution is 7.89. The summed E-state index contributed by atoms with van der Waals surface area (Å²) in [4.78, 5) is -0.750. The number of hydrogen-bond donors (Lipinski definition) is 3. The molecule has 0 aliphatic heterocycles. The molecular formula is C11H16F2N2O3S. The number of aliphatic hydroxyl groups excluding tert-OH is 1. The number of sulfonamides is 1. The predicted octanol–water partition coefficient (Wildman–Crippen LogP) is 0.986. The molecule has 1 aromatic carbocycles. The molecule has 4 N–H and O–H groups in total. The van der Waals surface area contributed by atoms with Gasteiger partial charge in [0.1, 0.15) is 16.4 Å². The van der Waals surface area contributed by atoms with Crippen molar-refractivity contribution in [2.45, 2.75) is 30.7 Å². The van der Waals surface area contributed by atoms with Gasteiger partial charge >= 0.3 is 0 Å². The third-order valence-corrected chi connectivity index (χ3v) is 4.55. The first-order valence-corrected chi connectivity index (χ1v) is 7.03. The lowest BCUT2D eigenvalue weighted by atomic mass is 10.0. The third kappa shape index (κ3) is 3.20. The summed E-state index contributed by atoms with van der Waals surface area (Å²) in [5, 5.41) is 9.16. The van der Waals surface area contributed by atoms with Crippen molar-refractivity contribution in [3.63, 3.8) is 0 Å². The standard InChI is InChI=1S/C11H16F2N2O3S/c1-3-11(2,6-16)15-19(17,18)8-5-4-7(12)10(14)9(8)13/h4-5,15-16H,3,6,14H2,1-2H3. The van der Waals surface area contributed by atoms with Crippen LogP contribution in [-0.4, -0.2) is 25.7 Å². The number of anilines is 1. The molecule has 1 aromatic rings. The minimum Gasteiger partial charge on any atom is -0.394 e. The fourth-order valence-corrected chi connectivity index (χ4v) is 2.91. The number of hydrogen-bond acceptors (Lipinski definition) is 4. The summed E-state index contributed by atoms with van der Waals surface area (Å²) in [6.07, 6.45) is 0.293. The largest absolute Gasteiger partial charge is 0.394 e. The van der Waals surface area contributed by atoms with Gasteiger partial charge in [-0.3, -0.25) is 0 Å². The van der Waals surface area contributed by atoms with Crippen LogP contribution in [0.25, 0.3) is 0 Å². The number of nitrogen functional groups attached to an aromatic ring is 1. The third-order valence-electron chi connectivity index (χ3n) is 2.89. The highest BCUT2D eigenvalue weighted by Crippen LogP contribution is 2.24. The van der Waals surface area contributed by atoms with Gasteiger partial charge in [-0.25, -0.2) is 21.9 Å². The van der Waals surface area contributed by atoms with Crippen LogP contribution >= 0.6 is 0 Å². The van der Waals surface area contributed by atoms with Crippen LogP contribution in [0.15, 0.2) is 17.0 Å². The lowest BCUT2D eigenvalue weighted by Gasteiger charge is -2.26. The minimum absolute atomic E-state index is 0.293. The molecule has 0 aliphatic rings. The molecule has 0 saturated heterocycles. The number of nitrogens with one attached hydrogen (secondary N) is 1. The van der Waals surface area contributed by atoms with Gasteiger partial charge < -0.3 is 10.8 Å². The first kappa shape index (κ1) is 15.8. The van der Waals surface area contributed by atoms with E-state index in [9.17, 15) is 17.2 Å². The zero-order valence-corrected chi connectivity index (χ0v) is 11.4. The van der Waals surface area contributed by atoms with Gasteiger partial charge in [0.05, 0.1) is 12.1 Å². The molecule has 0 amide bonds. The van der Waals surface area contributed by atoms with Gasteiger partial charge in [0.2, 0.25) is 10.0 Å². The average molecular weight is 294 g/mol. The van der Waals surface area contributed by atoms with E-state index >= 15 is 0 Å². The Morgan fingerprint density at radius 3 is 2.47 bits per heavy atom. The SMILES string of the molecule is CCC(C)(CO)NS(=O)(=O)c1ccc(F)c(N)c1F. The fraction of sp³-hybridized carbons (Fsp3) is 0.455. The molecule has 0 aliphatic carbocycles. The highest BCUT2D eigenvalue weighted by atomic mass is 32.2. The van der Waals surface area contributed by atoms with Gasteiger partial charge in [0.25, 0.3) is 0 Å². The molecule has 5 nitrogen and oxygen atoms in total. The molecule has 108 valence electrons. The Balaban J connectivity index is 3.26. The first-order chi connectivity index (χ1) is 8.67. The summed E-state index contributed by atoms with van der Waals surface area (Å²) >= 11 is 0. The lowest BCUT2D eigenvalue weighted by Crippen LogP contribution is -2.48. The van der Waals surface area contributed by atoms with Crippen molar-refractivity contribution in [1.29, 1.82) is 0 Å². The van der Waals surface area contributed by atoms with Gasteiger partial charge in [0, 0.05) is 0 Å². The van der Waals surface area contributed by atoms with Crippen LogP contribution < -0.4 is 10.5 Å². The molecule has 8 heteroatoms. The van der Waals surface area contributed by atoms with Gasteiger partial charge in [-0.2, -0.15) is 0 Å². The Bertz CT molecular complexity index is 572. The summed E-state index contributed by atoms with van der Waals surface area (Å²) in [7, 11) is -4.24. The van der Waals surface area contributed by atoms with Crippen LogP contribution in [0.4, 0.5) is 14.5 Å². The number of aliphatic hydroxyl groups is 1. The summed E-state index contributed by atoms with van der Waals surface area (Å²) in [5.74, 6) is -2.37. The number of rotatable bonds is 5. The zero-order chi connectivity index (χ0) is 14.8. The molecule has 0 heterocycles. The summed E-state index contributed by atoms with van der Waals surface area (Å²) in [5.41, 5.74) is 3.13. The van der Waals surface area contributed by atoms with E-state index in [0.29, 0.717) is 6.42 Å². The quantitative estimate of drug-likeness (QED) is 0.706. The maximum atomic E-state index is 13.7. The average Bonchev–Trinajstić information content (AvgIpc) is 2.35. The Hall–Kier alpha value is -1.25. The van der Waals surface area contributed by atoms with Crippen molar-refractivity contribution in [2.24, 2.45) is 0 Å². The van der Waals surface area contributed by atoms with Crippen LogP contribution in [0.2, 0.25) is 0 Å². The minimum atomic E-state index is -4.24. The Kier molecular flexibility index (Phi) is 4.49. The van der Waals surface area contributed by atoms with Crippen molar-refractivity contribution in [3.05, 3.63) is 23.8 Å². The smallest absolute Gasteiger partial charge is 0.244 e. The summed E-state index contributed by atoms with van der Waals surface area (Å²) < 4.78 is 52.9. The Morgan fingerprint density at radius 1 is 1.42 bits per heavy atom. The Morgan fingerprint density at radius 2 is 2.00 bits per heavy atom. The fourth-order valence-electron chi connectivity index (χ4n) is 1.35. The van der Waals surface area contributed by atoms with Gasteiger partial charge in [-0.05, 0) is 25.5 Å². The molecule has 1 rings (SSSR count). The van der Waals surface area contributed by atoms with E-state index < -0.39 is 44.4 Å². The zero-order valence-electron chi connectivity index (χ0n) is 10.6. The van der Waals surface area contributed by atoms with Crippen molar-refractivity contribution >= 4 is 15.7 Å². The van der Waals surface area contributed by atoms with Crippen molar-refractivity contribution in [3.8, 4) is 0 Å². The maximum Gasteiger partial charge on any atom is 0.244 e. The van der Waals surface area contributed by atoms with Crippen LogP contribution in [0.3, 0.4) is 0 Å². The number of nitrogens with two attached hydrogens (primary N) is 1. The normalized spacial score (nSPS) is 15.2. The maximum absolute atomic E-state index is 13.7. The van der Waals surface area contributed by atoms with Crippen LogP contribution in [0.5, 0.6) is 0 Å². The molecule has 19 heavy (non-hydrogen) atoms. The second-order valence-electron chi connectivity index (χ2n) is 4.45. The van der Waals surface area contributed by atoms with E-state index in [1.807, 2.05) is 0 Å². The van der Waals surface area contributed by atoms with Gasteiger partial charge in [-0.1, -0.05) is 6.92 Å². The van der Waals surface area contributed by atoms with Crippen LogP contribution in [0.1, 0.15) is 20.3 Å². The van der Waals surface area contributed by atoms with E-state index in [1.54, 1.807) is 6.92 Å². The van der Waals surface area contributed by atoms with E-state index in [1.165, 1.54) is 6.92 Å². The lowest BCUT2D eigenvalue weighted by molar-refractivity contribution is 0.191. The second kappa shape index (κ2) is 5.40. The van der Waals surface area contributed by atoms with Gasteiger partial charge in [-0.15, -0.1) is 0 Å². The van der Waals surface area contributed by atoms with Crippen LogP contribution in [-0.2, 0) is 10.0 Å². The molecule has 0 bridgehead atoms. The van der Waals surface area contributed by atoms with E-state index in [4.69, 9.17) is 10.8 Å². The summed E-state index contributed by atoms with van der Waals surface area (Å²) in [6, 6.07) is 1.56. The van der Waals surface area contributed by atoms with E-state index in [-0.39, 0.29) is 0 Å². The monoisotopic (exact) mass is 294 g/mol. The van der Waals surface area contributed by atoms with E-state index in [2.05, 4.69) is 4.72 Å². The molecule has 0 fully saturated rings. The van der Waals surface area contributed by atoms with Gasteiger partial charge in [0.15, 0.2) is 5.82 Å². The van der Waals surface area contributed by atoms with Crippen molar-refractivity contribution < 1.29 is 22.3 Å². The molecular weight excluding hydrogens is 278 g/mol. The Labute approximate surface area is 110 Å². The number of benzene rings is 1. The van der Waals surface area contributed by atoms with Crippen LogP contribution in [0, 0.1) is 11.6 Å². The predicted molar refractivity (Wildman–Crippen MR) is 66.9 cm³/mol. The molecule has 0 saturated carbocycles. The molecule has 1 unspecified atom stereocenters. The first-order valence-electron chi connectivity index (χ1n) is 5.55. The second-order valence-corrected chi connectivity index (χ2v) is 6.10. The molecule has 0 spiro atoms. The molecule has 0 aromatic heterocycles. The molecule has 1 atom stereocenters. The van der Waals surface area contributed by atoms with E-state index in [0.717, 1.165) is 12.1 Å². The highest BCUT2D eigenvalue weighted by Gasteiger charge is 2.31. The van der Waals surface area contributed by atoms with Crippen molar-refractivity contribution in [1.82, 2.24) is 4.72 Å².